The average Bonchev–Trinajstić information content (AvgIpc) is 2.91. The van der Waals surface area contributed by atoms with Crippen LogP contribution < -0.4 is 4.90 Å². The van der Waals surface area contributed by atoms with Gasteiger partial charge in [-0.2, -0.15) is 0 Å². The summed E-state index contributed by atoms with van der Waals surface area (Å²) in [6, 6.07) is 3.11. The Morgan fingerprint density at radius 1 is 1.44 bits per heavy atom. The molecule has 1 atom stereocenters. The fraction of sp³-hybridized carbons (Fsp3) is 0.455. The number of hydrogen-bond acceptors (Lipinski definition) is 5. The molecule has 94 valence electrons. The molecule has 1 aliphatic rings. The third kappa shape index (κ3) is 1.68. The minimum absolute atomic E-state index is 0.487. The molecule has 2 aromatic rings. The monoisotopic (exact) mass is 247 g/mol. The molecule has 0 saturated carbocycles. The van der Waals surface area contributed by atoms with E-state index in [1.165, 1.54) is 4.63 Å². The molecule has 18 heavy (non-hydrogen) atoms. The highest BCUT2D eigenvalue weighted by molar-refractivity contribution is 5.78. The number of hydrogen-bond donors (Lipinski definition) is 1. The van der Waals surface area contributed by atoms with Crippen molar-refractivity contribution in [3.8, 4) is 0 Å². The first-order chi connectivity index (χ1) is 8.65. The van der Waals surface area contributed by atoms with Crippen LogP contribution in [-0.4, -0.2) is 43.5 Å². The minimum atomic E-state index is -0.802. The highest BCUT2D eigenvalue weighted by Crippen LogP contribution is 2.23. The van der Waals surface area contributed by atoms with Gasteiger partial charge >= 0.3 is 5.97 Å². The molecule has 1 saturated heterocycles. The summed E-state index contributed by atoms with van der Waals surface area (Å²) in [5, 5.41) is 17.6. The zero-order valence-electron chi connectivity index (χ0n) is 9.94. The summed E-state index contributed by atoms with van der Waals surface area (Å²) in [7, 11) is 0. The first-order valence-electron chi connectivity index (χ1n) is 5.85. The van der Waals surface area contributed by atoms with Crippen LogP contribution in [0.5, 0.6) is 0 Å². The lowest BCUT2D eigenvalue weighted by atomic mass is 10.2. The summed E-state index contributed by atoms with van der Waals surface area (Å²) < 4.78 is 1.45. The molecule has 1 fully saturated rings. The molecule has 1 aliphatic heterocycles. The zero-order valence-corrected chi connectivity index (χ0v) is 9.94. The van der Waals surface area contributed by atoms with Gasteiger partial charge in [-0.1, -0.05) is 0 Å². The Kier molecular flexibility index (Phi) is 2.39. The van der Waals surface area contributed by atoms with Crippen LogP contribution in [0.4, 0.5) is 5.82 Å². The molecule has 0 bridgehead atoms. The predicted molar refractivity (Wildman–Crippen MR) is 63.5 cm³/mol. The van der Waals surface area contributed by atoms with Crippen LogP contribution in [0.1, 0.15) is 18.7 Å². The molecule has 7 nitrogen and oxygen atoms in total. The number of aryl methyl sites for hydroxylation is 1. The Morgan fingerprint density at radius 3 is 3.06 bits per heavy atom. The Morgan fingerprint density at radius 2 is 2.28 bits per heavy atom. The van der Waals surface area contributed by atoms with Crippen LogP contribution in [0.15, 0.2) is 12.1 Å². The van der Waals surface area contributed by atoms with Gasteiger partial charge in [-0.3, -0.25) is 0 Å². The van der Waals surface area contributed by atoms with Crippen molar-refractivity contribution in [3.05, 3.63) is 18.0 Å². The smallest absolute Gasteiger partial charge is 0.326 e. The lowest BCUT2D eigenvalue weighted by Crippen LogP contribution is -2.36. The Hall–Kier alpha value is -2.18. The average molecular weight is 247 g/mol. The van der Waals surface area contributed by atoms with Gasteiger partial charge in [0.25, 0.3) is 0 Å². The van der Waals surface area contributed by atoms with E-state index in [4.69, 9.17) is 5.11 Å². The van der Waals surface area contributed by atoms with E-state index >= 15 is 0 Å². The quantitative estimate of drug-likeness (QED) is 0.831. The molecule has 0 spiro atoms. The van der Waals surface area contributed by atoms with E-state index in [2.05, 4.69) is 15.2 Å². The number of carboxylic acids is 1. The first kappa shape index (κ1) is 10.9. The van der Waals surface area contributed by atoms with Crippen molar-refractivity contribution in [3.63, 3.8) is 0 Å². The molecule has 2 aromatic heterocycles. The standard InChI is InChI=1S/C11H13N5O2/c1-7-12-9-4-5-10(14-16(9)13-7)15-6-2-3-8(15)11(17)18/h4-5,8H,2-3,6H2,1H3,(H,17,18)/t8-/m0/s1. The number of carbonyl (C=O) groups is 1. The van der Waals surface area contributed by atoms with E-state index in [1.807, 2.05) is 0 Å². The normalized spacial score (nSPS) is 19.6. The van der Waals surface area contributed by atoms with Gasteiger partial charge in [-0.15, -0.1) is 14.8 Å². The van der Waals surface area contributed by atoms with Gasteiger partial charge in [0.2, 0.25) is 0 Å². The van der Waals surface area contributed by atoms with Crippen molar-refractivity contribution in [1.29, 1.82) is 0 Å². The van der Waals surface area contributed by atoms with E-state index in [0.717, 1.165) is 6.42 Å². The lowest BCUT2D eigenvalue weighted by molar-refractivity contribution is -0.138. The fourth-order valence-electron chi connectivity index (χ4n) is 2.33. The molecule has 0 unspecified atom stereocenters. The van der Waals surface area contributed by atoms with E-state index in [0.29, 0.717) is 30.3 Å². The van der Waals surface area contributed by atoms with Crippen molar-refractivity contribution in [2.45, 2.75) is 25.8 Å². The first-order valence-corrected chi connectivity index (χ1v) is 5.85. The second kappa shape index (κ2) is 3.94. The fourth-order valence-corrected chi connectivity index (χ4v) is 2.33. The van der Waals surface area contributed by atoms with Gasteiger partial charge in [-0.25, -0.2) is 9.78 Å². The van der Waals surface area contributed by atoms with Crippen molar-refractivity contribution in [1.82, 2.24) is 19.8 Å². The molecule has 1 N–H and O–H groups in total. The molecular weight excluding hydrogens is 234 g/mol. The Labute approximate surface area is 103 Å². The number of carboxylic acid groups (broad SMARTS) is 1. The van der Waals surface area contributed by atoms with E-state index < -0.39 is 12.0 Å². The maximum atomic E-state index is 11.1. The molecule has 0 aliphatic carbocycles. The zero-order chi connectivity index (χ0) is 12.7. The van der Waals surface area contributed by atoms with Gasteiger partial charge < -0.3 is 10.0 Å². The van der Waals surface area contributed by atoms with Gasteiger partial charge in [0.05, 0.1) is 0 Å². The minimum Gasteiger partial charge on any atom is -0.480 e. The van der Waals surface area contributed by atoms with Gasteiger partial charge in [0, 0.05) is 6.54 Å². The van der Waals surface area contributed by atoms with E-state index in [-0.39, 0.29) is 0 Å². The van der Waals surface area contributed by atoms with Crippen LogP contribution >= 0.6 is 0 Å². The third-order valence-electron chi connectivity index (χ3n) is 3.13. The second-order valence-electron chi connectivity index (χ2n) is 4.39. The van der Waals surface area contributed by atoms with Crippen molar-refractivity contribution < 1.29 is 9.90 Å². The topological polar surface area (TPSA) is 83.6 Å². The SMILES string of the molecule is Cc1nc2ccc(N3CCC[C@H]3C(=O)O)nn2n1. The highest BCUT2D eigenvalue weighted by Gasteiger charge is 2.31. The summed E-state index contributed by atoms with van der Waals surface area (Å²) in [5.74, 6) is 0.484. The number of fused-ring (bicyclic) bond motifs is 1. The Balaban J connectivity index is 2.00. The summed E-state index contributed by atoms with van der Waals surface area (Å²) in [4.78, 5) is 17.1. The third-order valence-corrected chi connectivity index (χ3v) is 3.13. The van der Waals surface area contributed by atoms with Crippen LogP contribution in [0.3, 0.4) is 0 Å². The van der Waals surface area contributed by atoms with E-state index in [9.17, 15) is 4.79 Å². The van der Waals surface area contributed by atoms with Gasteiger partial charge in [0.1, 0.15) is 11.9 Å². The van der Waals surface area contributed by atoms with E-state index in [1.54, 1.807) is 24.0 Å². The maximum absolute atomic E-state index is 11.1. The largest absolute Gasteiger partial charge is 0.480 e. The number of aromatic nitrogens is 4. The number of aliphatic carboxylic acids is 1. The van der Waals surface area contributed by atoms with Crippen LogP contribution in [0, 0.1) is 6.92 Å². The number of anilines is 1. The number of nitrogens with zero attached hydrogens (tertiary/aromatic N) is 5. The molecule has 0 aromatic carbocycles. The molecule has 3 rings (SSSR count). The predicted octanol–water partition coefficient (Wildman–Crippen LogP) is 0.486. The van der Waals surface area contributed by atoms with Crippen molar-refractivity contribution in [2.24, 2.45) is 0 Å². The molecule has 3 heterocycles. The van der Waals surface area contributed by atoms with Gasteiger partial charge in [-0.05, 0) is 31.9 Å². The van der Waals surface area contributed by atoms with Gasteiger partial charge in [0.15, 0.2) is 11.5 Å². The summed E-state index contributed by atoms with van der Waals surface area (Å²) >= 11 is 0. The number of rotatable bonds is 2. The summed E-state index contributed by atoms with van der Waals surface area (Å²) in [5.41, 5.74) is 0.669. The maximum Gasteiger partial charge on any atom is 0.326 e. The Bertz CT molecular complexity index is 608. The van der Waals surface area contributed by atoms with Crippen molar-refractivity contribution in [2.75, 3.05) is 11.4 Å². The molecule has 7 heteroatoms. The highest BCUT2D eigenvalue weighted by atomic mass is 16.4. The van der Waals surface area contributed by atoms with Crippen LogP contribution in [0.2, 0.25) is 0 Å². The summed E-state index contributed by atoms with van der Waals surface area (Å²) in [6.45, 7) is 2.51. The van der Waals surface area contributed by atoms with Crippen LogP contribution in [-0.2, 0) is 4.79 Å². The second-order valence-corrected chi connectivity index (χ2v) is 4.39. The van der Waals surface area contributed by atoms with Crippen LogP contribution in [0.25, 0.3) is 5.65 Å². The van der Waals surface area contributed by atoms with Crippen molar-refractivity contribution >= 4 is 17.4 Å². The molecular formula is C11H13N5O2. The summed E-state index contributed by atoms with van der Waals surface area (Å²) in [6.07, 6.45) is 1.53. The lowest BCUT2D eigenvalue weighted by Gasteiger charge is -2.21. The molecule has 0 amide bonds. The molecule has 0 radical (unpaired) electrons.